The van der Waals surface area contributed by atoms with E-state index in [1.165, 1.54) is 0 Å². The zero-order chi connectivity index (χ0) is 12.9. The molecule has 3 nitrogen and oxygen atoms in total. The van der Waals surface area contributed by atoms with Gasteiger partial charge in [-0.15, -0.1) is 0 Å². The molecule has 0 heterocycles. The minimum Gasteiger partial charge on any atom is -0.493 e. The van der Waals surface area contributed by atoms with Crippen molar-refractivity contribution >= 4 is 5.78 Å². The van der Waals surface area contributed by atoms with Gasteiger partial charge in [-0.1, -0.05) is 26.0 Å². The van der Waals surface area contributed by atoms with E-state index in [1.54, 1.807) is 18.2 Å². The second-order valence-corrected chi connectivity index (χ2v) is 4.00. The van der Waals surface area contributed by atoms with Crippen LogP contribution in [0.1, 0.15) is 44.0 Å². The Morgan fingerprint density at radius 2 is 1.82 bits per heavy atom. The van der Waals surface area contributed by atoms with Crippen LogP contribution >= 0.6 is 0 Å². The number of aliphatic hydroxyl groups is 1. The molecule has 0 saturated carbocycles. The number of para-hydroxylation sites is 1. The molecule has 1 rings (SSSR count). The molecule has 0 radical (unpaired) electrons. The second-order valence-electron chi connectivity index (χ2n) is 4.00. The number of benzene rings is 1. The minimum atomic E-state index is -1.28. The lowest BCUT2D eigenvalue weighted by Gasteiger charge is -2.24. The van der Waals surface area contributed by atoms with Crippen molar-refractivity contribution in [1.29, 1.82) is 0 Å². The summed E-state index contributed by atoms with van der Waals surface area (Å²) in [6, 6.07) is 7.05. The van der Waals surface area contributed by atoms with E-state index in [2.05, 4.69) is 0 Å². The average molecular weight is 236 g/mol. The molecule has 1 aromatic carbocycles. The Kier molecular flexibility index (Phi) is 4.70. The van der Waals surface area contributed by atoms with E-state index < -0.39 is 5.60 Å². The summed E-state index contributed by atoms with van der Waals surface area (Å²) in [7, 11) is 0. The Bertz CT molecular complexity index is 381. The van der Waals surface area contributed by atoms with E-state index in [-0.39, 0.29) is 5.78 Å². The summed E-state index contributed by atoms with van der Waals surface area (Å²) in [4.78, 5) is 12.3. The number of hydrogen-bond acceptors (Lipinski definition) is 3. The molecular formula is C14H20O3. The van der Waals surface area contributed by atoms with E-state index >= 15 is 0 Å². The highest BCUT2D eigenvalue weighted by Crippen LogP contribution is 2.27. The first-order chi connectivity index (χ1) is 8.09. The molecule has 94 valence electrons. The fraction of sp³-hybridized carbons (Fsp3) is 0.500. The molecule has 0 bridgehead atoms. The van der Waals surface area contributed by atoms with Crippen molar-refractivity contribution in [2.24, 2.45) is 0 Å². The Hall–Kier alpha value is -1.35. The lowest BCUT2D eigenvalue weighted by Crippen LogP contribution is -2.37. The zero-order valence-corrected chi connectivity index (χ0v) is 10.7. The molecule has 0 amide bonds. The Balaban J connectivity index is 3.11. The van der Waals surface area contributed by atoms with Gasteiger partial charge in [-0.05, 0) is 31.9 Å². The lowest BCUT2D eigenvalue weighted by molar-refractivity contribution is 0.0274. The van der Waals surface area contributed by atoms with Crippen LogP contribution in [0.3, 0.4) is 0 Å². The molecule has 0 aliphatic carbocycles. The van der Waals surface area contributed by atoms with Gasteiger partial charge in [0.15, 0.2) is 5.78 Å². The molecule has 0 aromatic heterocycles. The maximum absolute atomic E-state index is 12.3. The van der Waals surface area contributed by atoms with Crippen LogP contribution in [-0.4, -0.2) is 23.1 Å². The highest BCUT2D eigenvalue weighted by molar-refractivity contribution is 6.04. The standard InChI is InChI=1S/C14H20O3/c1-4-14(16,5-2)13(15)11-9-7-8-10-12(11)17-6-3/h7-10,16H,4-6H2,1-3H3. The quantitative estimate of drug-likeness (QED) is 0.772. The summed E-state index contributed by atoms with van der Waals surface area (Å²) in [6.45, 7) is 5.99. The normalized spacial score (nSPS) is 11.3. The predicted molar refractivity (Wildman–Crippen MR) is 67.5 cm³/mol. The molecule has 0 saturated heterocycles. The monoisotopic (exact) mass is 236 g/mol. The molecular weight excluding hydrogens is 216 g/mol. The number of hydrogen-bond donors (Lipinski definition) is 1. The van der Waals surface area contributed by atoms with Crippen molar-refractivity contribution in [3.63, 3.8) is 0 Å². The van der Waals surface area contributed by atoms with Crippen LogP contribution in [-0.2, 0) is 0 Å². The Morgan fingerprint density at radius 3 is 2.35 bits per heavy atom. The topological polar surface area (TPSA) is 46.5 Å². The third-order valence-electron chi connectivity index (χ3n) is 3.02. The van der Waals surface area contributed by atoms with Crippen molar-refractivity contribution in [3.05, 3.63) is 29.8 Å². The third kappa shape index (κ3) is 2.86. The lowest BCUT2D eigenvalue weighted by atomic mass is 9.88. The molecule has 0 aliphatic heterocycles. The first-order valence-corrected chi connectivity index (χ1v) is 6.08. The minimum absolute atomic E-state index is 0.258. The number of rotatable bonds is 6. The van der Waals surface area contributed by atoms with Gasteiger partial charge in [0, 0.05) is 0 Å². The van der Waals surface area contributed by atoms with Crippen molar-refractivity contribution in [3.8, 4) is 5.75 Å². The molecule has 0 spiro atoms. The van der Waals surface area contributed by atoms with Gasteiger partial charge in [-0.25, -0.2) is 0 Å². The van der Waals surface area contributed by atoms with E-state index in [0.29, 0.717) is 30.8 Å². The van der Waals surface area contributed by atoms with Crippen LogP contribution < -0.4 is 4.74 Å². The summed E-state index contributed by atoms with van der Waals surface area (Å²) in [5.41, 5.74) is -0.826. The second kappa shape index (κ2) is 5.82. The van der Waals surface area contributed by atoms with Crippen LogP contribution in [0.25, 0.3) is 0 Å². The first kappa shape index (κ1) is 13.7. The van der Waals surface area contributed by atoms with E-state index in [4.69, 9.17) is 4.74 Å². The maximum atomic E-state index is 12.3. The molecule has 3 heteroatoms. The van der Waals surface area contributed by atoms with Crippen LogP contribution in [0, 0.1) is 0 Å². The van der Waals surface area contributed by atoms with Crippen LogP contribution in [0.4, 0.5) is 0 Å². The average Bonchev–Trinajstić information content (AvgIpc) is 2.38. The summed E-state index contributed by atoms with van der Waals surface area (Å²) < 4.78 is 5.41. The van der Waals surface area contributed by atoms with Gasteiger partial charge >= 0.3 is 0 Å². The van der Waals surface area contributed by atoms with Crippen molar-refractivity contribution in [1.82, 2.24) is 0 Å². The summed E-state index contributed by atoms with van der Waals surface area (Å²) in [5.74, 6) is 0.284. The summed E-state index contributed by atoms with van der Waals surface area (Å²) in [5, 5.41) is 10.2. The van der Waals surface area contributed by atoms with Gasteiger partial charge in [0.05, 0.1) is 12.2 Å². The largest absolute Gasteiger partial charge is 0.493 e. The van der Waals surface area contributed by atoms with Gasteiger partial charge in [-0.3, -0.25) is 4.79 Å². The molecule has 0 aliphatic rings. The SMILES string of the molecule is CCOc1ccccc1C(=O)C(O)(CC)CC. The molecule has 0 fully saturated rings. The maximum Gasteiger partial charge on any atom is 0.198 e. The summed E-state index contributed by atoms with van der Waals surface area (Å²) >= 11 is 0. The number of ketones is 1. The Morgan fingerprint density at radius 1 is 1.24 bits per heavy atom. The van der Waals surface area contributed by atoms with Crippen LogP contribution in [0.5, 0.6) is 5.75 Å². The van der Waals surface area contributed by atoms with E-state index in [9.17, 15) is 9.90 Å². The van der Waals surface area contributed by atoms with E-state index in [1.807, 2.05) is 26.8 Å². The number of carbonyl (C=O) groups excluding carboxylic acids is 1. The highest BCUT2D eigenvalue weighted by atomic mass is 16.5. The molecule has 1 aromatic rings. The fourth-order valence-electron chi connectivity index (χ4n) is 1.76. The number of Topliss-reactive ketones (excluding diaryl/α,β-unsaturated/α-hetero) is 1. The molecule has 1 N–H and O–H groups in total. The smallest absolute Gasteiger partial charge is 0.198 e. The number of carbonyl (C=O) groups is 1. The van der Waals surface area contributed by atoms with Crippen molar-refractivity contribution in [2.75, 3.05) is 6.61 Å². The van der Waals surface area contributed by atoms with Crippen LogP contribution in [0.2, 0.25) is 0 Å². The van der Waals surface area contributed by atoms with Gasteiger partial charge in [0.2, 0.25) is 0 Å². The molecule has 0 unspecified atom stereocenters. The first-order valence-electron chi connectivity index (χ1n) is 6.08. The van der Waals surface area contributed by atoms with Gasteiger partial charge in [-0.2, -0.15) is 0 Å². The van der Waals surface area contributed by atoms with Gasteiger partial charge in [0.1, 0.15) is 11.4 Å². The van der Waals surface area contributed by atoms with Gasteiger partial charge < -0.3 is 9.84 Å². The van der Waals surface area contributed by atoms with E-state index in [0.717, 1.165) is 0 Å². The molecule has 0 atom stereocenters. The van der Waals surface area contributed by atoms with Gasteiger partial charge in [0.25, 0.3) is 0 Å². The van der Waals surface area contributed by atoms with Crippen molar-refractivity contribution < 1.29 is 14.6 Å². The van der Waals surface area contributed by atoms with Crippen molar-refractivity contribution in [2.45, 2.75) is 39.2 Å². The number of ether oxygens (including phenoxy) is 1. The predicted octanol–water partition coefficient (Wildman–Crippen LogP) is 2.82. The van der Waals surface area contributed by atoms with Crippen LogP contribution in [0.15, 0.2) is 24.3 Å². The molecule has 17 heavy (non-hydrogen) atoms. The fourth-order valence-corrected chi connectivity index (χ4v) is 1.76. The highest BCUT2D eigenvalue weighted by Gasteiger charge is 2.34. The zero-order valence-electron chi connectivity index (χ0n) is 10.7. The third-order valence-corrected chi connectivity index (χ3v) is 3.02. The summed E-state index contributed by atoms with van der Waals surface area (Å²) in [6.07, 6.45) is 0.811. The Labute approximate surface area is 102 Å².